The number of amides is 2. The average Bonchev–Trinajstić information content (AvgIpc) is 2.94. The van der Waals surface area contributed by atoms with E-state index < -0.39 is 28.5 Å². The van der Waals surface area contributed by atoms with Gasteiger partial charge in [-0.15, -0.1) is 0 Å². The van der Waals surface area contributed by atoms with Gasteiger partial charge in [0.2, 0.25) is 11.8 Å². The van der Waals surface area contributed by atoms with Gasteiger partial charge in [0.1, 0.15) is 12.6 Å². The number of anilines is 1. The zero-order valence-corrected chi connectivity index (χ0v) is 26.2. The molecule has 3 aromatic rings. The molecular formula is C31H37Cl2N3O4S. The van der Waals surface area contributed by atoms with Gasteiger partial charge >= 0.3 is 0 Å². The van der Waals surface area contributed by atoms with Gasteiger partial charge in [0.25, 0.3) is 10.0 Å². The van der Waals surface area contributed by atoms with Crippen molar-refractivity contribution in [1.29, 1.82) is 0 Å². The molecule has 0 radical (unpaired) electrons. The van der Waals surface area contributed by atoms with Crippen molar-refractivity contribution >= 4 is 50.7 Å². The van der Waals surface area contributed by atoms with Crippen molar-refractivity contribution in [2.24, 2.45) is 0 Å². The summed E-state index contributed by atoms with van der Waals surface area (Å²) in [7, 11) is -4.20. The standard InChI is InChI=1S/C31H37Cl2N3O4S/c1-5-7-18-34-31(38)29(6-2)35(20-24-11-9-8-10-23(24)4)30(37)21-36(25-14-17-27(32)28(33)19-25)41(39,40)26-15-12-22(3)13-16-26/h8-17,19,29H,5-7,18,20-21H2,1-4H3,(H,34,38)/t29-/m1/s1. The van der Waals surface area contributed by atoms with Crippen molar-refractivity contribution in [1.82, 2.24) is 10.2 Å². The number of carbonyl (C=O) groups excluding carboxylic acids is 2. The number of halogens is 2. The minimum Gasteiger partial charge on any atom is -0.354 e. The summed E-state index contributed by atoms with van der Waals surface area (Å²) in [6.07, 6.45) is 2.08. The molecule has 3 aromatic carbocycles. The fraction of sp³-hybridized carbons (Fsp3) is 0.355. The molecule has 0 aromatic heterocycles. The number of benzene rings is 3. The number of nitrogens with zero attached hydrogens (tertiary/aromatic N) is 2. The predicted molar refractivity (Wildman–Crippen MR) is 166 cm³/mol. The van der Waals surface area contributed by atoms with Gasteiger partial charge in [-0.25, -0.2) is 8.42 Å². The normalized spacial score (nSPS) is 12.0. The maximum absolute atomic E-state index is 14.1. The minimum absolute atomic E-state index is 0.0248. The molecule has 0 aliphatic heterocycles. The Hall–Kier alpha value is -3.07. The van der Waals surface area contributed by atoms with Crippen LogP contribution in [0.1, 0.15) is 49.8 Å². The van der Waals surface area contributed by atoms with Gasteiger partial charge in [0, 0.05) is 13.1 Å². The molecule has 3 rings (SSSR count). The van der Waals surface area contributed by atoms with Gasteiger partial charge in [-0.3, -0.25) is 13.9 Å². The van der Waals surface area contributed by atoms with E-state index in [-0.39, 0.29) is 33.1 Å². The molecule has 41 heavy (non-hydrogen) atoms. The maximum Gasteiger partial charge on any atom is 0.264 e. The molecule has 0 aliphatic rings. The zero-order valence-electron chi connectivity index (χ0n) is 23.9. The number of hydrogen-bond donors (Lipinski definition) is 1. The Morgan fingerprint density at radius 2 is 1.61 bits per heavy atom. The molecule has 220 valence electrons. The van der Waals surface area contributed by atoms with E-state index in [0.29, 0.717) is 13.0 Å². The Morgan fingerprint density at radius 3 is 2.22 bits per heavy atom. The first-order valence-corrected chi connectivity index (χ1v) is 15.8. The van der Waals surface area contributed by atoms with Crippen molar-refractivity contribution in [3.05, 3.63) is 93.5 Å². The fourth-order valence-corrected chi connectivity index (χ4v) is 6.10. The van der Waals surface area contributed by atoms with Crippen molar-refractivity contribution < 1.29 is 18.0 Å². The highest BCUT2D eigenvalue weighted by molar-refractivity contribution is 7.92. The van der Waals surface area contributed by atoms with Crippen LogP contribution >= 0.6 is 23.2 Å². The Kier molecular flexibility index (Phi) is 11.6. The molecule has 1 N–H and O–H groups in total. The van der Waals surface area contributed by atoms with Crippen molar-refractivity contribution in [3.63, 3.8) is 0 Å². The maximum atomic E-state index is 14.1. The zero-order chi connectivity index (χ0) is 30.2. The molecule has 0 bridgehead atoms. The topological polar surface area (TPSA) is 86.8 Å². The van der Waals surface area contributed by atoms with E-state index in [2.05, 4.69) is 5.32 Å². The van der Waals surface area contributed by atoms with Crippen LogP contribution in [-0.2, 0) is 26.2 Å². The highest BCUT2D eigenvalue weighted by Crippen LogP contribution is 2.31. The lowest BCUT2D eigenvalue weighted by molar-refractivity contribution is -0.140. The number of sulfonamides is 1. The second-order valence-electron chi connectivity index (χ2n) is 9.94. The van der Waals surface area contributed by atoms with Crippen molar-refractivity contribution in [3.8, 4) is 0 Å². The van der Waals surface area contributed by atoms with Crippen LogP contribution in [0.15, 0.2) is 71.6 Å². The van der Waals surface area contributed by atoms with Gasteiger partial charge in [-0.1, -0.05) is 85.4 Å². The molecule has 0 saturated carbocycles. The summed E-state index contributed by atoms with van der Waals surface area (Å²) in [5.74, 6) is -0.794. The molecule has 0 heterocycles. The molecule has 10 heteroatoms. The summed E-state index contributed by atoms with van der Waals surface area (Å²) in [5.41, 5.74) is 2.90. The van der Waals surface area contributed by atoms with Crippen LogP contribution in [-0.4, -0.2) is 44.3 Å². The van der Waals surface area contributed by atoms with E-state index in [0.717, 1.165) is 33.8 Å². The van der Waals surface area contributed by atoms with E-state index in [1.807, 2.05) is 52.0 Å². The summed E-state index contributed by atoms with van der Waals surface area (Å²) >= 11 is 12.4. The number of carbonyl (C=O) groups is 2. The molecule has 0 aliphatic carbocycles. The Balaban J connectivity index is 2.07. The molecule has 0 unspecified atom stereocenters. The Labute approximate surface area is 253 Å². The monoisotopic (exact) mass is 617 g/mol. The SMILES string of the molecule is CCCCNC(=O)[C@@H](CC)N(Cc1ccccc1C)C(=O)CN(c1ccc(Cl)c(Cl)c1)S(=O)(=O)c1ccc(C)cc1. The predicted octanol–water partition coefficient (Wildman–Crippen LogP) is 6.53. The molecule has 2 amide bonds. The summed E-state index contributed by atoms with van der Waals surface area (Å²) in [6.45, 7) is 7.76. The summed E-state index contributed by atoms with van der Waals surface area (Å²) < 4.78 is 28.9. The smallest absolute Gasteiger partial charge is 0.264 e. The molecule has 0 spiro atoms. The third-order valence-corrected chi connectivity index (χ3v) is 9.42. The lowest BCUT2D eigenvalue weighted by atomic mass is 10.1. The number of hydrogen-bond acceptors (Lipinski definition) is 4. The van der Waals surface area contributed by atoms with Crippen LogP contribution in [0.4, 0.5) is 5.69 Å². The fourth-order valence-electron chi connectivity index (χ4n) is 4.40. The first-order valence-electron chi connectivity index (χ1n) is 13.7. The van der Waals surface area contributed by atoms with E-state index in [4.69, 9.17) is 23.2 Å². The van der Waals surface area contributed by atoms with E-state index in [1.54, 1.807) is 12.1 Å². The number of nitrogens with one attached hydrogen (secondary N) is 1. The molecule has 0 fully saturated rings. The third-order valence-electron chi connectivity index (χ3n) is 6.90. The lowest BCUT2D eigenvalue weighted by Gasteiger charge is -2.33. The molecular weight excluding hydrogens is 581 g/mol. The Morgan fingerprint density at radius 1 is 0.927 bits per heavy atom. The largest absolute Gasteiger partial charge is 0.354 e. The van der Waals surface area contributed by atoms with E-state index >= 15 is 0 Å². The Bertz CT molecular complexity index is 1460. The van der Waals surface area contributed by atoms with Crippen LogP contribution in [0.5, 0.6) is 0 Å². The molecule has 1 atom stereocenters. The third kappa shape index (κ3) is 8.24. The molecule has 0 saturated heterocycles. The number of unbranched alkanes of at least 4 members (excludes halogenated alkanes) is 1. The second-order valence-corrected chi connectivity index (χ2v) is 12.6. The van der Waals surface area contributed by atoms with Gasteiger partial charge in [0.15, 0.2) is 0 Å². The highest BCUT2D eigenvalue weighted by Gasteiger charge is 2.34. The van der Waals surface area contributed by atoms with E-state index in [1.165, 1.54) is 35.2 Å². The number of aryl methyl sites for hydroxylation is 2. The van der Waals surface area contributed by atoms with Crippen LogP contribution < -0.4 is 9.62 Å². The van der Waals surface area contributed by atoms with Gasteiger partial charge < -0.3 is 10.2 Å². The van der Waals surface area contributed by atoms with E-state index in [9.17, 15) is 18.0 Å². The van der Waals surface area contributed by atoms with Crippen LogP contribution in [0.3, 0.4) is 0 Å². The van der Waals surface area contributed by atoms with Gasteiger partial charge in [-0.2, -0.15) is 0 Å². The van der Waals surface area contributed by atoms with Crippen LogP contribution in [0.2, 0.25) is 10.0 Å². The first kappa shape index (κ1) is 32.4. The lowest BCUT2D eigenvalue weighted by Crippen LogP contribution is -2.52. The second kappa shape index (κ2) is 14.7. The average molecular weight is 619 g/mol. The van der Waals surface area contributed by atoms with Crippen LogP contribution in [0.25, 0.3) is 0 Å². The first-order chi connectivity index (χ1) is 19.5. The molecule has 7 nitrogen and oxygen atoms in total. The van der Waals surface area contributed by atoms with Gasteiger partial charge in [-0.05, 0) is 68.1 Å². The van der Waals surface area contributed by atoms with Gasteiger partial charge in [0.05, 0.1) is 20.6 Å². The minimum atomic E-state index is -4.20. The quantitative estimate of drug-likeness (QED) is 0.221. The van der Waals surface area contributed by atoms with Crippen molar-refractivity contribution in [2.75, 3.05) is 17.4 Å². The highest BCUT2D eigenvalue weighted by atomic mass is 35.5. The van der Waals surface area contributed by atoms with Crippen LogP contribution in [0, 0.1) is 13.8 Å². The van der Waals surface area contributed by atoms with Crippen molar-refractivity contribution in [2.45, 2.75) is 64.4 Å². The number of rotatable bonds is 13. The summed E-state index contributed by atoms with van der Waals surface area (Å²) in [4.78, 5) is 28.9. The summed E-state index contributed by atoms with van der Waals surface area (Å²) in [6, 6.07) is 17.6. The summed E-state index contributed by atoms with van der Waals surface area (Å²) in [5, 5.41) is 3.34.